The molecule has 0 saturated carbocycles. The maximum Gasteiger partial charge on any atom is 0.266 e. The number of nitrogens with two attached hydrogens (primary N) is 1. The van der Waals surface area contributed by atoms with Crippen molar-refractivity contribution in [3.05, 3.63) is 64.5 Å². The van der Waals surface area contributed by atoms with Crippen molar-refractivity contribution in [1.29, 1.82) is 0 Å². The van der Waals surface area contributed by atoms with Gasteiger partial charge in [0, 0.05) is 23.5 Å². The molecule has 0 radical (unpaired) electrons. The maximum atomic E-state index is 12.8. The molecule has 3 aromatic rings. The number of hydrogen-bond acceptors (Lipinski definition) is 4. The molecule has 0 bridgehead atoms. The number of carbonyl (C=O) groups excluding carboxylic acids is 2. The SMILES string of the molecule is Cc1c(C(=O)Nc2ccc(CN3CCCC(C(N)=O)C3)cc2)sc2ccccc12. The highest BCUT2D eigenvalue weighted by atomic mass is 32.1. The van der Waals surface area contributed by atoms with Gasteiger partial charge in [0.25, 0.3) is 5.91 Å². The molecular formula is C23H25N3O2S. The van der Waals surface area contributed by atoms with Gasteiger partial charge < -0.3 is 11.1 Å². The van der Waals surface area contributed by atoms with Crippen LogP contribution in [0.1, 0.15) is 33.6 Å². The number of piperidine rings is 1. The second kappa shape index (κ2) is 8.35. The first-order chi connectivity index (χ1) is 14.0. The Bertz CT molecular complexity index is 1040. The summed E-state index contributed by atoms with van der Waals surface area (Å²) in [6.07, 6.45) is 1.88. The molecule has 1 atom stereocenters. The minimum absolute atomic E-state index is 0.0492. The lowest BCUT2D eigenvalue weighted by Gasteiger charge is -2.31. The smallest absolute Gasteiger partial charge is 0.266 e. The van der Waals surface area contributed by atoms with Crippen LogP contribution in [0.15, 0.2) is 48.5 Å². The Morgan fingerprint density at radius 3 is 2.66 bits per heavy atom. The summed E-state index contributed by atoms with van der Waals surface area (Å²) in [4.78, 5) is 27.2. The molecular weight excluding hydrogens is 382 g/mol. The van der Waals surface area contributed by atoms with E-state index in [1.54, 1.807) is 0 Å². The molecule has 150 valence electrons. The molecule has 5 nitrogen and oxygen atoms in total. The van der Waals surface area contributed by atoms with E-state index in [0.29, 0.717) is 0 Å². The number of aryl methyl sites for hydroxylation is 1. The molecule has 0 spiro atoms. The highest BCUT2D eigenvalue weighted by molar-refractivity contribution is 7.21. The molecule has 2 amide bonds. The molecule has 6 heteroatoms. The van der Waals surface area contributed by atoms with Gasteiger partial charge in [-0.2, -0.15) is 0 Å². The predicted octanol–water partition coefficient (Wildman–Crippen LogP) is 4.16. The lowest BCUT2D eigenvalue weighted by atomic mass is 9.97. The number of fused-ring (bicyclic) bond motifs is 1. The molecule has 0 aliphatic carbocycles. The van der Waals surface area contributed by atoms with E-state index in [9.17, 15) is 9.59 Å². The van der Waals surface area contributed by atoms with Crippen LogP contribution >= 0.6 is 11.3 Å². The number of likely N-dealkylation sites (tertiary alicyclic amines) is 1. The first-order valence-corrected chi connectivity index (χ1v) is 10.7. The summed E-state index contributed by atoms with van der Waals surface area (Å²) in [6.45, 7) is 4.48. The van der Waals surface area contributed by atoms with Gasteiger partial charge in [0.1, 0.15) is 0 Å². The van der Waals surface area contributed by atoms with Gasteiger partial charge in [-0.05, 0) is 61.0 Å². The third-order valence-corrected chi connectivity index (χ3v) is 6.85. The van der Waals surface area contributed by atoms with Crippen LogP contribution in [-0.4, -0.2) is 29.8 Å². The van der Waals surface area contributed by atoms with Gasteiger partial charge in [0.05, 0.1) is 10.8 Å². The molecule has 2 aromatic carbocycles. The second-order valence-corrected chi connectivity index (χ2v) is 8.73. The Morgan fingerprint density at radius 1 is 1.17 bits per heavy atom. The van der Waals surface area contributed by atoms with E-state index in [2.05, 4.69) is 16.3 Å². The van der Waals surface area contributed by atoms with E-state index < -0.39 is 0 Å². The minimum Gasteiger partial charge on any atom is -0.369 e. The Kier molecular flexibility index (Phi) is 5.65. The van der Waals surface area contributed by atoms with Crippen LogP contribution in [0.2, 0.25) is 0 Å². The van der Waals surface area contributed by atoms with Crippen molar-refractivity contribution in [3.63, 3.8) is 0 Å². The second-order valence-electron chi connectivity index (χ2n) is 7.68. The zero-order valence-corrected chi connectivity index (χ0v) is 17.3. The highest BCUT2D eigenvalue weighted by Gasteiger charge is 2.23. The van der Waals surface area contributed by atoms with Crippen LogP contribution in [0.5, 0.6) is 0 Å². The number of primary amides is 1. The summed E-state index contributed by atoms with van der Waals surface area (Å²) < 4.78 is 1.13. The van der Waals surface area contributed by atoms with Crippen LogP contribution in [0.3, 0.4) is 0 Å². The molecule has 1 saturated heterocycles. The van der Waals surface area contributed by atoms with E-state index in [1.165, 1.54) is 11.3 Å². The monoisotopic (exact) mass is 407 g/mol. The summed E-state index contributed by atoms with van der Waals surface area (Å²) in [5.74, 6) is -0.326. The fourth-order valence-electron chi connectivity index (χ4n) is 3.96. The van der Waals surface area contributed by atoms with Crippen LogP contribution in [-0.2, 0) is 11.3 Å². The Morgan fingerprint density at radius 2 is 1.93 bits per heavy atom. The number of amides is 2. The molecule has 3 N–H and O–H groups in total. The van der Waals surface area contributed by atoms with Crippen molar-refractivity contribution in [1.82, 2.24) is 4.90 Å². The quantitative estimate of drug-likeness (QED) is 0.667. The van der Waals surface area contributed by atoms with Crippen LogP contribution in [0.4, 0.5) is 5.69 Å². The lowest BCUT2D eigenvalue weighted by molar-refractivity contribution is -0.123. The summed E-state index contributed by atoms with van der Waals surface area (Å²) in [5.41, 5.74) is 8.43. The zero-order valence-electron chi connectivity index (χ0n) is 16.5. The van der Waals surface area contributed by atoms with E-state index in [1.807, 2.05) is 49.4 Å². The number of rotatable bonds is 5. The number of nitrogens with zero attached hydrogens (tertiary/aromatic N) is 1. The molecule has 4 rings (SSSR count). The van der Waals surface area contributed by atoms with Crippen molar-refractivity contribution < 1.29 is 9.59 Å². The third-order valence-electron chi connectivity index (χ3n) is 5.58. The molecule has 1 aliphatic rings. The average molecular weight is 408 g/mol. The van der Waals surface area contributed by atoms with Crippen molar-refractivity contribution in [2.75, 3.05) is 18.4 Å². The van der Waals surface area contributed by atoms with Gasteiger partial charge in [0.15, 0.2) is 0 Å². The van der Waals surface area contributed by atoms with E-state index in [4.69, 9.17) is 5.73 Å². The first-order valence-electron chi connectivity index (χ1n) is 9.91. The van der Waals surface area contributed by atoms with E-state index in [-0.39, 0.29) is 17.7 Å². The topological polar surface area (TPSA) is 75.4 Å². The summed E-state index contributed by atoms with van der Waals surface area (Å²) >= 11 is 1.52. The third kappa shape index (κ3) is 4.33. The zero-order chi connectivity index (χ0) is 20.4. The number of carbonyl (C=O) groups is 2. The van der Waals surface area contributed by atoms with E-state index in [0.717, 1.165) is 64.3 Å². The largest absolute Gasteiger partial charge is 0.369 e. The summed E-state index contributed by atoms with van der Waals surface area (Å²) in [7, 11) is 0. The predicted molar refractivity (Wildman–Crippen MR) is 118 cm³/mol. The van der Waals surface area contributed by atoms with Gasteiger partial charge in [0.2, 0.25) is 5.91 Å². The van der Waals surface area contributed by atoms with Crippen molar-refractivity contribution in [3.8, 4) is 0 Å². The van der Waals surface area contributed by atoms with Crippen LogP contribution in [0, 0.1) is 12.8 Å². The van der Waals surface area contributed by atoms with Crippen LogP contribution in [0.25, 0.3) is 10.1 Å². The van der Waals surface area contributed by atoms with Crippen molar-refractivity contribution >= 4 is 38.9 Å². The fourth-order valence-corrected chi connectivity index (χ4v) is 5.07. The number of anilines is 1. The van der Waals surface area contributed by atoms with Gasteiger partial charge >= 0.3 is 0 Å². The fraction of sp³-hybridized carbons (Fsp3) is 0.304. The molecule has 2 heterocycles. The molecule has 1 fully saturated rings. The average Bonchev–Trinajstić information content (AvgIpc) is 3.07. The number of thiophene rings is 1. The molecule has 1 unspecified atom stereocenters. The van der Waals surface area contributed by atoms with Gasteiger partial charge in [-0.3, -0.25) is 14.5 Å². The lowest BCUT2D eigenvalue weighted by Crippen LogP contribution is -2.40. The Balaban J connectivity index is 1.41. The van der Waals surface area contributed by atoms with E-state index >= 15 is 0 Å². The first kappa shape index (κ1) is 19.6. The highest BCUT2D eigenvalue weighted by Crippen LogP contribution is 2.31. The van der Waals surface area contributed by atoms with Gasteiger partial charge in [-0.15, -0.1) is 11.3 Å². The summed E-state index contributed by atoms with van der Waals surface area (Å²) in [5, 5.41) is 4.14. The number of nitrogens with one attached hydrogen (secondary N) is 1. The Labute approximate surface area is 174 Å². The Hall–Kier alpha value is -2.70. The van der Waals surface area contributed by atoms with Crippen LogP contribution < -0.4 is 11.1 Å². The van der Waals surface area contributed by atoms with Gasteiger partial charge in [-0.1, -0.05) is 30.3 Å². The molecule has 1 aliphatic heterocycles. The van der Waals surface area contributed by atoms with Crippen molar-refractivity contribution in [2.24, 2.45) is 11.7 Å². The molecule has 1 aromatic heterocycles. The molecule has 29 heavy (non-hydrogen) atoms. The van der Waals surface area contributed by atoms with Gasteiger partial charge in [-0.25, -0.2) is 0 Å². The minimum atomic E-state index is -0.204. The van der Waals surface area contributed by atoms with Crippen molar-refractivity contribution in [2.45, 2.75) is 26.3 Å². The number of benzene rings is 2. The maximum absolute atomic E-state index is 12.8. The number of hydrogen-bond donors (Lipinski definition) is 2. The standard InChI is InChI=1S/C23H25N3O2S/c1-15-19-6-2-3-7-20(19)29-21(15)23(28)25-18-10-8-16(9-11-18)13-26-12-4-5-17(14-26)22(24)27/h2-3,6-11,17H,4-5,12-14H2,1H3,(H2,24,27)(H,25,28). The normalized spacial score (nSPS) is 17.3. The summed E-state index contributed by atoms with van der Waals surface area (Å²) in [6, 6.07) is 16.0.